The molecule has 3 aromatic rings. The molecular formula is C27H33ClFN5O3. The minimum absolute atomic E-state index is 0.0488. The number of hydrogen-bond donors (Lipinski definition) is 2. The number of nitrogens with one attached hydrogen (secondary N) is 1. The van der Waals surface area contributed by atoms with Gasteiger partial charge in [-0.15, -0.1) is 0 Å². The SMILES string of the molecule is CCC[C@H](C)Oc1ccc(-c2nc(O)nc(-c3cc(CNC(=O)C(CC)(CC)CF)ccc3Cl)n2)cn1. The standard InChI is InChI=1S/C27H33ClFN5O3/c1-5-8-17(4)37-22-12-10-19(15-30-22)23-32-24(34-26(36)33-23)20-13-18(9-11-21(20)28)14-31-25(35)27(6-2,7-3)16-29/h9-13,15,17H,5-8,14,16H2,1-4H3,(H,31,35)(H,32,33,34,36)/t17-/m0/s1. The topological polar surface area (TPSA) is 110 Å². The number of alkyl halides is 1. The van der Waals surface area contributed by atoms with Crippen LogP contribution in [0, 0.1) is 5.41 Å². The first-order chi connectivity index (χ1) is 17.7. The number of halogens is 2. The van der Waals surface area contributed by atoms with E-state index in [4.69, 9.17) is 16.3 Å². The third-order valence-corrected chi connectivity index (χ3v) is 6.78. The van der Waals surface area contributed by atoms with Gasteiger partial charge in [-0.05, 0) is 49.9 Å². The number of carbonyl (C=O) groups is 1. The van der Waals surface area contributed by atoms with Crippen LogP contribution in [0.2, 0.25) is 5.02 Å². The molecule has 0 radical (unpaired) electrons. The van der Waals surface area contributed by atoms with Gasteiger partial charge in [-0.1, -0.05) is 44.9 Å². The highest BCUT2D eigenvalue weighted by Gasteiger charge is 2.34. The van der Waals surface area contributed by atoms with E-state index in [1.165, 1.54) is 0 Å². The summed E-state index contributed by atoms with van der Waals surface area (Å²) in [5.41, 5.74) is 0.706. The fourth-order valence-electron chi connectivity index (χ4n) is 3.91. The zero-order valence-corrected chi connectivity index (χ0v) is 22.3. The summed E-state index contributed by atoms with van der Waals surface area (Å²) in [6.45, 7) is 7.15. The van der Waals surface area contributed by atoms with Crippen LogP contribution < -0.4 is 10.1 Å². The third kappa shape index (κ3) is 6.91. The molecule has 0 saturated heterocycles. The molecule has 1 amide bonds. The first-order valence-corrected chi connectivity index (χ1v) is 12.8. The lowest BCUT2D eigenvalue weighted by Gasteiger charge is -2.26. The molecule has 0 aliphatic rings. The Labute approximate surface area is 221 Å². The Hall–Kier alpha value is -3.33. The second-order valence-electron chi connectivity index (χ2n) is 9.00. The lowest BCUT2D eigenvalue weighted by molar-refractivity contribution is -0.132. The Kier molecular flexibility index (Phi) is 9.74. The van der Waals surface area contributed by atoms with Gasteiger partial charge in [-0.25, -0.2) is 14.4 Å². The minimum Gasteiger partial charge on any atom is -0.479 e. The number of amides is 1. The lowest BCUT2D eigenvalue weighted by Crippen LogP contribution is -2.41. The Bertz CT molecular complexity index is 1200. The van der Waals surface area contributed by atoms with E-state index in [0.717, 1.165) is 18.4 Å². The lowest BCUT2D eigenvalue weighted by atomic mass is 9.83. The summed E-state index contributed by atoms with van der Waals surface area (Å²) in [7, 11) is 0. The van der Waals surface area contributed by atoms with Crippen molar-refractivity contribution in [3.8, 4) is 34.7 Å². The van der Waals surface area contributed by atoms with Crippen molar-refractivity contribution in [1.29, 1.82) is 0 Å². The largest absolute Gasteiger partial charge is 0.479 e. The van der Waals surface area contributed by atoms with Gasteiger partial charge in [-0.3, -0.25) is 4.79 Å². The Morgan fingerprint density at radius 3 is 2.49 bits per heavy atom. The molecule has 1 atom stereocenters. The van der Waals surface area contributed by atoms with E-state index in [1.807, 2.05) is 6.92 Å². The smallest absolute Gasteiger partial charge is 0.318 e. The molecule has 0 unspecified atom stereocenters. The maximum Gasteiger partial charge on any atom is 0.318 e. The molecule has 198 valence electrons. The highest BCUT2D eigenvalue weighted by Crippen LogP contribution is 2.30. The highest BCUT2D eigenvalue weighted by atomic mass is 35.5. The van der Waals surface area contributed by atoms with E-state index in [1.54, 1.807) is 50.4 Å². The molecule has 2 N–H and O–H groups in total. The van der Waals surface area contributed by atoms with Gasteiger partial charge in [0.05, 0.1) is 16.5 Å². The molecule has 37 heavy (non-hydrogen) atoms. The fourth-order valence-corrected chi connectivity index (χ4v) is 4.11. The number of benzene rings is 1. The summed E-state index contributed by atoms with van der Waals surface area (Å²) in [5.74, 6) is 0.541. The monoisotopic (exact) mass is 529 g/mol. The number of hydrogen-bond acceptors (Lipinski definition) is 7. The van der Waals surface area contributed by atoms with Crippen LogP contribution in [0.25, 0.3) is 22.8 Å². The predicted octanol–water partition coefficient (Wildman–Crippen LogP) is 5.92. The van der Waals surface area contributed by atoms with Crippen molar-refractivity contribution in [3.05, 3.63) is 47.1 Å². The van der Waals surface area contributed by atoms with Crippen LogP contribution in [0.1, 0.15) is 58.9 Å². The number of pyridine rings is 1. The molecule has 10 heteroatoms. The van der Waals surface area contributed by atoms with E-state index >= 15 is 0 Å². The summed E-state index contributed by atoms with van der Waals surface area (Å²) in [5, 5.41) is 13.4. The first-order valence-electron chi connectivity index (χ1n) is 12.5. The number of rotatable bonds is 12. The van der Waals surface area contributed by atoms with E-state index < -0.39 is 18.1 Å². The van der Waals surface area contributed by atoms with Crippen LogP contribution in [-0.2, 0) is 11.3 Å². The molecule has 0 fully saturated rings. The predicted molar refractivity (Wildman–Crippen MR) is 141 cm³/mol. The van der Waals surface area contributed by atoms with Crippen molar-refractivity contribution in [3.63, 3.8) is 0 Å². The Morgan fingerprint density at radius 2 is 1.86 bits per heavy atom. The summed E-state index contributed by atoms with van der Waals surface area (Å²) < 4.78 is 19.4. The quantitative estimate of drug-likeness (QED) is 0.299. The first kappa shape index (κ1) is 28.2. The third-order valence-electron chi connectivity index (χ3n) is 6.45. The number of aromatic hydroxyl groups is 1. The van der Waals surface area contributed by atoms with E-state index in [2.05, 4.69) is 32.2 Å². The molecule has 0 aliphatic heterocycles. The normalized spacial score (nSPS) is 12.3. The van der Waals surface area contributed by atoms with Gasteiger partial charge in [0.25, 0.3) is 0 Å². The van der Waals surface area contributed by atoms with E-state index in [0.29, 0.717) is 34.9 Å². The summed E-state index contributed by atoms with van der Waals surface area (Å²) in [4.78, 5) is 29.6. The minimum atomic E-state index is -1.03. The highest BCUT2D eigenvalue weighted by molar-refractivity contribution is 6.33. The average Bonchev–Trinajstić information content (AvgIpc) is 2.89. The number of carbonyl (C=O) groups excluding carboxylic acids is 1. The van der Waals surface area contributed by atoms with Gasteiger partial charge < -0.3 is 15.2 Å². The molecule has 0 bridgehead atoms. The Balaban J connectivity index is 1.83. The van der Waals surface area contributed by atoms with Gasteiger partial charge >= 0.3 is 6.01 Å². The van der Waals surface area contributed by atoms with Crippen LogP contribution >= 0.6 is 11.6 Å². The maximum absolute atomic E-state index is 13.6. The molecule has 0 spiro atoms. The van der Waals surface area contributed by atoms with Gasteiger partial charge in [0.15, 0.2) is 11.6 Å². The molecule has 0 saturated carbocycles. The summed E-state index contributed by atoms with van der Waals surface area (Å²) >= 11 is 6.43. The van der Waals surface area contributed by atoms with Crippen molar-refractivity contribution >= 4 is 17.5 Å². The molecular weight excluding hydrogens is 497 g/mol. The molecule has 1 aromatic carbocycles. The van der Waals surface area contributed by atoms with Gasteiger partial charge in [-0.2, -0.15) is 9.97 Å². The van der Waals surface area contributed by atoms with Crippen LogP contribution in [0.4, 0.5) is 4.39 Å². The van der Waals surface area contributed by atoms with Crippen molar-refractivity contribution < 1.29 is 19.0 Å². The van der Waals surface area contributed by atoms with Gasteiger partial charge in [0.2, 0.25) is 11.8 Å². The van der Waals surface area contributed by atoms with Crippen LogP contribution in [-0.4, -0.2) is 43.7 Å². The van der Waals surface area contributed by atoms with Crippen LogP contribution in [0.5, 0.6) is 11.9 Å². The van der Waals surface area contributed by atoms with Gasteiger partial charge in [0, 0.05) is 29.9 Å². The zero-order chi connectivity index (χ0) is 27.0. The summed E-state index contributed by atoms with van der Waals surface area (Å²) in [6, 6.07) is 8.15. The fraction of sp³-hybridized carbons (Fsp3) is 0.444. The van der Waals surface area contributed by atoms with Crippen molar-refractivity contribution in [2.24, 2.45) is 5.41 Å². The van der Waals surface area contributed by atoms with Crippen LogP contribution in [0.15, 0.2) is 36.5 Å². The second kappa shape index (κ2) is 12.8. The number of ether oxygens (including phenoxy) is 1. The van der Waals surface area contributed by atoms with E-state index in [9.17, 15) is 14.3 Å². The Morgan fingerprint density at radius 1 is 1.14 bits per heavy atom. The summed E-state index contributed by atoms with van der Waals surface area (Å²) in [6.07, 6.45) is 4.37. The van der Waals surface area contributed by atoms with Crippen molar-refractivity contribution in [2.45, 2.75) is 66.0 Å². The number of nitrogens with zero attached hydrogens (tertiary/aromatic N) is 4. The zero-order valence-electron chi connectivity index (χ0n) is 21.6. The average molecular weight is 530 g/mol. The van der Waals surface area contributed by atoms with Gasteiger partial charge in [0.1, 0.15) is 6.67 Å². The van der Waals surface area contributed by atoms with Crippen molar-refractivity contribution in [2.75, 3.05) is 6.67 Å². The molecule has 3 rings (SSSR count). The maximum atomic E-state index is 13.6. The van der Waals surface area contributed by atoms with Crippen LogP contribution in [0.3, 0.4) is 0 Å². The second-order valence-corrected chi connectivity index (χ2v) is 9.41. The molecule has 8 nitrogen and oxygen atoms in total. The van der Waals surface area contributed by atoms with Crippen molar-refractivity contribution in [1.82, 2.24) is 25.3 Å². The number of aromatic nitrogens is 4. The van der Waals surface area contributed by atoms with E-state index in [-0.39, 0.29) is 30.2 Å². The molecule has 0 aliphatic carbocycles. The molecule has 2 heterocycles. The molecule has 2 aromatic heterocycles.